The highest BCUT2D eigenvalue weighted by Gasteiger charge is 2.28. The van der Waals surface area contributed by atoms with Crippen molar-refractivity contribution in [2.45, 2.75) is 6.42 Å². The van der Waals surface area contributed by atoms with Gasteiger partial charge in [-0.3, -0.25) is 4.79 Å². The van der Waals surface area contributed by atoms with Crippen LogP contribution in [0.2, 0.25) is 0 Å². The lowest BCUT2D eigenvalue weighted by Gasteiger charge is -2.17. The molecule has 0 aliphatic carbocycles. The predicted molar refractivity (Wildman–Crippen MR) is 78.6 cm³/mol. The van der Waals surface area contributed by atoms with Crippen LogP contribution in [0.3, 0.4) is 0 Å². The number of thioether (sulfide) groups is 1. The van der Waals surface area contributed by atoms with Gasteiger partial charge in [-0.1, -0.05) is 24.3 Å². The number of rotatable bonds is 4. The van der Waals surface area contributed by atoms with Gasteiger partial charge in [0.15, 0.2) is 0 Å². The number of amides is 1. The summed E-state index contributed by atoms with van der Waals surface area (Å²) >= 11 is 1.82. The fraction of sp³-hybridized carbons (Fsp3) is 0.267. The third-order valence-corrected chi connectivity index (χ3v) is 4.08. The van der Waals surface area contributed by atoms with E-state index in [0.29, 0.717) is 0 Å². The minimum atomic E-state index is 0.155. The first-order valence-electron chi connectivity index (χ1n) is 6.15. The van der Waals surface area contributed by atoms with E-state index in [4.69, 9.17) is 0 Å². The summed E-state index contributed by atoms with van der Waals surface area (Å²) in [5, 5.41) is 2.28. The summed E-state index contributed by atoms with van der Waals surface area (Å²) in [6.07, 6.45) is 3.14. The normalized spacial score (nSPS) is 13.6. The van der Waals surface area contributed by atoms with Gasteiger partial charge in [0.05, 0.1) is 5.69 Å². The first-order chi connectivity index (χ1) is 8.83. The molecule has 0 saturated heterocycles. The molecule has 0 atom stereocenters. The summed E-state index contributed by atoms with van der Waals surface area (Å²) in [5.41, 5.74) is 1.93. The molecule has 0 saturated carbocycles. The highest BCUT2D eigenvalue weighted by Crippen LogP contribution is 2.37. The summed E-state index contributed by atoms with van der Waals surface area (Å²) in [7, 11) is 0. The van der Waals surface area contributed by atoms with E-state index in [1.165, 1.54) is 0 Å². The molecule has 92 valence electrons. The molecule has 2 aromatic rings. The zero-order valence-electron chi connectivity index (χ0n) is 10.3. The quantitative estimate of drug-likeness (QED) is 0.781. The number of nitrogens with zero attached hydrogens (tertiary/aromatic N) is 1. The lowest BCUT2D eigenvalue weighted by molar-refractivity contribution is 0.0993. The van der Waals surface area contributed by atoms with Crippen LogP contribution in [0.5, 0.6) is 0 Å². The molecule has 18 heavy (non-hydrogen) atoms. The summed E-state index contributed by atoms with van der Waals surface area (Å²) in [6.45, 7) is 0.813. The third-order valence-electron chi connectivity index (χ3n) is 3.38. The molecule has 2 aromatic carbocycles. The fourth-order valence-electron chi connectivity index (χ4n) is 2.57. The van der Waals surface area contributed by atoms with Crippen LogP contribution in [0.25, 0.3) is 10.8 Å². The Labute approximate surface area is 111 Å². The number of hydrogen-bond donors (Lipinski definition) is 0. The van der Waals surface area contributed by atoms with Gasteiger partial charge >= 0.3 is 0 Å². The predicted octanol–water partition coefficient (Wildman–Crippen LogP) is 3.55. The monoisotopic (exact) mass is 257 g/mol. The van der Waals surface area contributed by atoms with Gasteiger partial charge in [0.1, 0.15) is 0 Å². The van der Waals surface area contributed by atoms with Gasteiger partial charge in [-0.05, 0) is 35.9 Å². The van der Waals surface area contributed by atoms with Crippen molar-refractivity contribution in [3.05, 3.63) is 42.0 Å². The van der Waals surface area contributed by atoms with Crippen LogP contribution in [0, 0.1) is 0 Å². The average molecular weight is 257 g/mol. The Bertz CT molecular complexity index is 603. The highest BCUT2D eigenvalue weighted by atomic mass is 32.2. The van der Waals surface area contributed by atoms with E-state index in [-0.39, 0.29) is 5.91 Å². The SMILES string of the molecule is CSCCCN1C(=O)c2cccc3cccc1c23. The average Bonchev–Trinajstić information content (AvgIpc) is 2.67. The van der Waals surface area contributed by atoms with Gasteiger partial charge < -0.3 is 4.90 Å². The summed E-state index contributed by atoms with van der Waals surface area (Å²) in [5.74, 6) is 1.25. The van der Waals surface area contributed by atoms with E-state index in [2.05, 4.69) is 24.5 Å². The van der Waals surface area contributed by atoms with Crippen molar-refractivity contribution < 1.29 is 4.79 Å². The molecule has 0 unspecified atom stereocenters. The molecular formula is C15H15NOS. The summed E-state index contributed by atoms with van der Waals surface area (Å²) in [6, 6.07) is 12.1. The Hall–Kier alpha value is -1.48. The molecule has 0 bridgehead atoms. The number of anilines is 1. The molecule has 3 heteroatoms. The van der Waals surface area contributed by atoms with Crippen molar-refractivity contribution in [3.8, 4) is 0 Å². The molecule has 0 radical (unpaired) electrons. The van der Waals surface area contributed by atoms with Crippen LogP contribution in [-0.2, 0) is 0 Å². The molecule has 0 aromatic heterocycles. The molecule has 0 fully saturated rings. The van der Waals surface area contributed by atoms with Gasteiger partial charge in [0.25, 0.3) is 5.91 Å². The maximum atomic E-state index is 12.4. The molecular weight excluding hydrogens is 242 g/mol. The Kier molecular flexibility index (Phi) is 3.00. The standard InChI is InChI=1S/C15H15NOS/c1-18-10-4-9-16-13-8-3-6-11-5-2-7-12(14(11)13)15(16)17/h2-3,5-8H,4,9-10H2,1H3. The minimum Gasteiger partial charge on any atom is -0.308 e. The second-order valence-electron chi connectivity index (χ2n) is 4.48. The Morgan fingerprint density at radius 3 is 2.72 bits per heavy atom. The molecule has 1 amide bonds. The van der Waals surface area contributed by atoms with Crippen molar-refractivity contribution in [1.82, 2.24) is 0 Å². The smallest absolute Gasteiger partial charge is 0.258 e. The summed E-state index contributed by atoms with van der Waals surface area (Å²) in [4.78, 5) is 14.3. The van der Waals surface area contributed by atoms with Crippen molar-refractivity contribution in [1.29, 1.82) is 0 Å². The Morgan fingerprint density at radius 1 is 1.17 bits per heavy atom. The van der Waals surface area contributed by atoms with Crippen molar-refractivity contribution >= 4 is 34.1 Å². The first kappa shape index (κ1) is 11.6. The van der Waals surface area contributed by atoms with E-state index >= 15 is 0 Å². The van der Waals surface area contributed by atoms with Gasteiger partial charge in [-0.2, -0.15) is 11.8 Å². The van der Waals surface area contributed by atoms with Gasteiger partial charge in [-0.15, -0.1) is 0 Å². The largest absolute Gasteiger partial charge is 0.308 e. The lowest BCUT2D eigenvalue weighted by Crippen LogP contribution is -2.28. The summed E-state index contributed by atoms with van der Waals surface area (Å²) < 4.78 is 0. The number of benzene rings is 2. The molecule has 0 spiro atoms. The van der Waals surface area contributed by atoms with Crippen LogP contribution in [0.4, 0.5) is 5.69 Å². The highest BCUT2D eigenvalue weighted by molar-refractivity contribution is 7.98. The fourth-order valence-corrected chi connectivity index (χ4v) is 2.99. The molecule has 2 nitrogen and oxygen atoms in total. The lowest BCUT2D eigenvalue weighted by atomic mass is 10.1. The Balaban J connectivity index is 2.03. The van der Waals surface area contributed by atoms with Crippen LogP contribution < -0.4 is 4.90 Å². The number of carbonyl (C=O) groups excluding carboxylic acids is 1. The molecule has 1 aliphatic heterocycles. The molecule has 1 aliphatic rings. The van der Waals surface area contributed by atoms with Crippen LogP contribution in [0.1, 0.15) is 16.8 Å². The van der Waals surface area contributed by atoms with E-state index < -0.39 is 0 Å². The zero-order chi connectivity index (χ0) is 12.5. The van der Waals surface area contributed by atoms with Crippen LogP contribution in [0.15, 0.2) is 36.4 Å². The molecule has 1 heterocycles. The van der Waals surface area contributed by atoms with Crippen molar-refractivity contribution in [3.63, 3.8) is 0 Å². The second kappa shape index (κ2) is 4.65. The van der Waals surface area contributed by atoms with E-state index in [1.807, 2.05) is 34.9 Å². The van der Waals surface area contributed by atoms with Gasteiger partial charge in [0, 0.05) is 17.5 Å². The van der Waals surface area contributed by atoms with E-state index in [1.54, 1.807) is 0 Å². The van der Waals surface area contributed by atoms with Crippen molar-refractivity contribution in [2.75, 3.05) is 23.5 Å². The first-order valence-corrected chi connectivity index (χ1v) is 7.55. The maximum absolute atomic E-state index is 12.4. The molecule has 3 rings (SSSR count). The van der Waals surface area contributed by atoms with Crippen molar-refractivity contribution in [2.24, 2.45) is 0 Å². The third kappa shape index (κ3) is 1.70. The van der Waals surface area contributed by atoms with E-state index in [0.717, 1.165) is 40.7 Å². The second-order valence-corrected chi connectivity index (χ2v) is 5.47. The van der Waals surface area contributed by atoms with Gasteiger partial charge in [0.2, 0.25) is 0 Å². The zero-order valence-corrected chi connectivity index (χ0v) is 11.2. The number of hydrogen-bond acceptors (Lipinski definition) is 2. The van der Waals surface area contributed by atoms with Crippen LogP contribution >= 0.6 is 11.8 Å². The maximum Gasteiger partial charge on any atom is 0.258 e. The Morgan fingerprint density at radius 2 is 1.94 bits per heavy atom. The minimum absolute atomic E-state index is 0.155. The number of carbonyl (C=O) groups is 1. The van der Waals surface area contributed by atoms with E-state index in [9.17, 15) is 4.79 Å². The van der Waals surface area contributed by atoms with Crippen LogP contribution in [-0.4, -0.2) is 24.5 Å². The molecule has 0 N–H and O–H groups in total. The topological polar surface area (TPSA) is 20.3 Å². The van der Waals surface area contributed by atoms with Gasteiger partial charge in [-0.25, -0.2) is 0 Å².